The molecular weight excluding hydrogens is 246 g/mol. The molecule has 1 aliphatic rings. The maximum Gasteiger partial charge on any atom is 0.336 e. The largest absolute Gasteiger partial charge is 0.478 e. The molecular formula is C14H17NO4. The van der Waals surface area contributed by atoms with Crippen molar-refractivity contribution in [3.63, 3.8) is 0 Å². The van der Waals surface area contributed by atoms with Crippen molar-refractivity contribution in [3.05, 3.63) is 29.3 Å². The monoisotopic (exact) mass is 263 g/mol. The normalized spacial score (nSPS) is 21.6. The van der Waals surface area contributed by atoms with Gasteiger partial charge in [0.2, 0.25) is 5.91 Å². The number of ether oxygens (including phenoxy) is 1. The van der Waals surface area contributed by atoms with Gasteiger partial charge in [-0.15, -0.1) is 0 Å². The van der Waals surface area contributed by atoms with Crippen molar-refractivity contribution in [2.24, 2.45) is 5.92 Å². The van der Waals surface area contributed by atoms with Gasteiger partial charge >= 0.3 is 5.97 Å². The number of methoxy groups -OCH3 is 1. The van der Waals surface area contributed by atoms with Gasteiger partial charge < -0.3 is 15.2 Å². The Morgan fingerprint density at radius 2 is 2.05 bits per heavy atom. The summed E-state index contributed by atoms with van der Waals surface area (Å²) in [5.74, 6) is -1.11. The summed E-state index contributed by atoms with van der Waals surface area (Å²) in [5, 5.41) is 11.8. The molecule has 0 spiro atoms. The number of nitrogens with one attached hydrogen (secondary N) is 1. The van der Waals surface area contributed by atoms with Crippen LogP contribution in [0.4, 0.5) is 5.69 Å². The van der Waals surface area contributed by atoms with E-state index in [1.807, 2.05) is 0 Å². The first kappa shape index (κ1) is 13.5. The summed E-state index contributed by atoms with van der Waals surface area (Å²) in [6, 6.07) is 4.89. The van der Waals surface area contributed by atoms with Crippen LogP contribution in [-0.2, 0) is 9.53 Å². The predicted molar refractivity (Wildman–Crippen MR) is 70.3 cm³/mol. The van der Waals surface area contributed by atoms with Crippen LogP contribution in [0.3, 0.4) is 0 Å². The number of amides is 1. The van der Waals surface area contributed by atoms with Crippen LogP contribution in [0.25, 0.3) is 0 Å². The van der Waals surface area contributed by atoms with Gasteiger partial charge in [-0.3, -0.25) is 4.79 Å². The molecule has 0 bridgehead atoms. The summed E-state index contributed by atoms with van der Waals surface area (Å²) in [4.78, 5) is 22.9. The second-order valence-corrected chi connectivity index (χ2v) is 4.85. The fourth-order valence-electron chi connectivity index (χ4n) is 2.15. The Morgan fingerprint density at radius 3 is 2.63 bits per heavy atom. The van der Waals surface area contributed by atoms with E-state index in [4.69, 9.17) is 9.84 Å². The molecule has 102 valence electrons. The lowest BCUT2D eigenvalue weighted by Crippen LogP contribution is -2.38. The highest BCUT2D eigenvalue weighted by molar-refractivity contribution is 5.96. The average molecular weight is 263 g/mol. The lowest BCUT2D eigenvalue weighted by Gasteiger charge is -2.32. The minimum absolute atomic E-state index is 0.0421. The Balaban J connectivity index is 2.02. The summed E-state index contributed by atoms with van der Waals surface area (Å²) < 4.78 is 5.13. The number of aryl methyl sites for hydroxylation is 1. The van der Waals surface area contributed by atoms with E-state index < -0.39 is 5.97 Å². The maximum absolute atomic E-state index is 11.9. The van der Waals surface area contributed by atoms with Crippen LogP contribution >= 0.6 is 0 Å². The van der Waals surface area contributed by atoms with Crippen LogP contribution in [0.1, 0.15) is 28.8 Å². The molecule has 0 heterocycles. The highest BCUT2D eigenvalue weighted by Crippen LogP contribution is 2.30. The molecule has 1 aromatic rings. The van der Waals surface area contributed by atoms with Crippen LogP contribution in [0.5, 0.6) is 0 Å². The van der Waals surface area contributed by atoms with E-state index >= 15 is 0 Å². The molecule has 2 N–H and O–H groups in total. The molecule has 0 aliphatic heterocycles. The fourth-order valence-corrected chi connectivity index (χ4v) is 2.15. The van der Waals surface area contributed by atoms with E-state index in [1.165, 1.54) is 6.07 Å². The van der Waals surface area contributed by atoms with Gasteiger partial charge in [-0.05, 0) is 37.5 Å². The Morgan fingerprint density at radius 1 is 1.37 bits per heavy atom. The van der Waals surface area contributed by atoms with Crippen LogP contribution < -0.4 is 5.32 Å². The molecule has 1 aliphatic carbocycles. The molecule has 0 saturated heterocycles. The molecule has 0 unspecified atom stereocenters. The number of rotatable bonds is 4. The first-order valence-corrected chi connectivity index (χ1v) is 6.19. The SMILES string of the molecule is COC1CC(C(=O)Nc2ccc(C)c(C(=O)O)c2)C1. The van der Waals surface area contributed by atoms with E-state index in [1.54, 1.807) is 26.2 Å². The average Bonchev–Trinajstić information content (AvgIpc) is 2.30. The Kier molecular flexibility index (Phi) is 3.85. The number of benzene rings is 1. The van der Waals surface area contributed by atoms with Crippen molar-refractivity contribution in [2.75, 3.05) is 12.4 Å². The van der Waals surface area contributed by atoms with Gasteiger partial charge in [0, 0.05) is 18.7 Å². The summed E-state index contributed by atoms with van der Waals surface area (Å²) in [6.07, 6.45) is 1.61. The zero-order valence-electron chi connectivity index (χ0n) is 11.0. The minimum atomic E-state index is -0.989. The molecule has 0 aromatic heterocycles. The standard InChI is InChI=1S/C14H17NO4/c1-8-3-4-10(7-12(8)14(17)18)15-13(16)9-5-11(6-9)19-2/h3-4,7,9,11H,5-6H2,1-2H3,(H,15,16)(H,17,18). The molecule has 0 radical (unpaired) electrons. The van der Waals surface area contributed by atoms with Crippen LogP contribution in [0.15, 0.2) is 18.2 Å². The molecule has 1 amide bonds. The van der Waals surface area contributed by atoms with Crippen LogP contribution in [0.2, 0.25) is 0 Å². The van der Waals surface area contributed by atoms with Crippen LogP contribution in [-0.4, -0.2) is 30.2 Å². The first-order valence-electron chi connectivity index (χ1n) is 6.19. The van der Waals surface area contributed by atoms with Gasteiger partial charge in [-0.25, -0.2) is 4.79 Å². The van der Waals surface area contributed by atoms with E-state index in [-0.39, 0.29) is 23.5 Å². The van der Waals surface area contributed by atoms with Crippen molar-refractivity contribution in [2.45, 2.75) is 25.9 Å². The summed E-state index contributed by atoms with van der Waals surface area (Å²) >= 11 is 0. The molecule has 19 heavy (non-hydrogen) atoms. The van der Waals surface area contributed by atoms with E-state index in [9.17, 15) is 9.59 Å². The molecule has 1 saturated carbocycles. The second-order valence-electron chi connectivity index (χ2n) is 4.85. The van der Waals surface area contributed by atoms with Gasteiger partial charge in [0.05, 0.1) is 11.7 Å². The van der Waals surface area contributed by atoms with Gasteiger partial charge in [0.25, 0.3) is 0 Å². The minimum Gasteiger partial charge on any atom is -0.478 e. The topological polar surface area (TPSA) is 75.6 Å². The third-order valence-electron chi connectivity index (χ3n) is 3.53. The van der Waals surface area contributed by atoms with Gasteiger partial charge in [0.1, 0.15) is 0 Å². The molecule has 5 nitrogen and oxygen atoms in total. The zero-order valence-corrected chi connectivity index (χ0v) is 11.0. The number of hydrogen-bond donors (Lipinski definition) is 2. The number of hydrogen-bond acceptors (Lipinski definition) is 3. The van der Waals surface area contributed by atoms with Gasteiger partial charge in [-0.2, -0.15) is 0 Å². The Bertz CT molecular complexity index is 506. The summed E-state index contributed by atoms with van der Waals surface area (Å²) in [5.41, 5.74) is 1.41. The summed E-state index contributed by atoms with van der Waals surface area (Å²) in [6.45, 7) is 1.73. The van der Waals surface area contributed by atoms with Crippen molar-refractivity contribution in [1.82, 2.24) is 0 Å². The highest BCUT2D eigenvalue weighted by Gasteiger charge is 2.34. The zero-order chi connectivity index (χ0) is 14.0. The van der Waals surface area contributed by atoms with Gasteiger partial charge in [-0.1, -0.05) is 6.07 Å². The number of carboxylic acid groups (broad SMARTS) is 1. The molecule has 5 heteroatoms. The number of carbonyl (C=O) groups excluding carboxylic acids is 1. The number of anilines is 1. The lowest BCUT2D eigenvalue weighted by molar-refractivity contribution is -0.127. The highest BCUT2D eigenvalue weighted by atomic mass is 16.5. The van der Waals surface area contributed by atoms with Crippen molar-refractivity contribution in [1.29, 1.82) is 0 Å². The summed E-state index contributed by atoms with van der Waals surface area (Å²) in [7, 11) is 1.64. The van der Waals surface area contributed by atoms with Crippen molar-refractivity contribution >= 4 is 17.6 Å². The third kappa shape index (κ3) is 2.93. The molecule has 1 aromatic carbocycles. The van der Waals surface area contributed by atoms with Crippen LogP contribution in [0, 0.1) is 12.8 Å². The number of aromatic carboxylic acids is 1. The quantitative estimate of drug-likeness (QED) is 0.871. The fraction of sp³-hybridized carbons (Fsp3) is 0.429. The van der Waals surface area contributed by atoms with E-state index in [0.29, 0.717) is 11.3 Å². The predicted octanol–water partition coefficient (Wildman–Crippen LogP) is 2.06. The molecule has 1 fully saturated rings. The third-order valence-corrected chi connectivity index (χ3v) is 3.53. The first-order chi connectivity index (χ1) is 9.01. The number of carboxylic acids is 1. The molecule has 0 atom stereocenters. The van der Waals surface area contributed by atoms with E-state index in [2.05, 4.69) is 5.32 Å². The lowest BCUT2D eigenvalue weighted by atomic mass is 9.81. The second kappa shape index (κ2) is 5.40. The maximum atomic E-state index is 11.9. The van der Waals surface area contributed by atoms with Crippen molar-refractivity contribution in [3.8, 4) is 0 Å². The number of carbonyl (C=O) groups is 2. The van der Waals surface area contributed by atoms with Crippen molar-refractivity contribution < 1.29 is 19.4 Å². The Labute approximate surface area is 111 Å². The van der Waals surface area contributed by atoms with Gasteiger partial charge in [0.15, 0.2) is 0 Å². The molecule has 2 rings (SSSR count). The van der Waals surface area contributed by atoms with E-state index in [0.717, 1.165) is 12.8 Å². The Hall–Kier alpha value is -1.88. The smallest absolute Gasteiger partial charge is 0.336 e.